The van der Waals surface area contributed by atoms with Gasteiger partial charge in [-0.2, -0.15) is 0 Å². The van der Waals surface area contributed by atoms with E-state index in [0.29, 0.717) is 31.1 Å². The van der Waals surface area contributed by atoms with E-state index in [1.165, 1.54) is 32.1 Å². The summed E-state index contributed by atoms with van der Waals surface area (Å²) in [5.41, 5.74) is 0.0372. The van der Waals surface area contributed by atoms with Gasteiger partial charge in [0.05, 0.1) is 0 Å². The van der Waals surface area contributed by atoms with Crippen LogP contribution in [0.5, 0.6) is 0 Å². The van der Waals surface area contributed by atoms with Gasteiger partial charge in [0.2, 0.25) is 5.91 Å². The smallest absolute Gasteiger partial charge is 0.315 e. The van der Waals surface area contributed by atoms with Crippen LogP contribution in [0.1, 0.15) is 70.6 Å². The summed E-state index contributed by atoms with van der Waals surface area (Å²) >= 11 is 0. The standard InChI is InChI=1S/C21H34N4O2.ClH/c26-19(24-18-8-16-1-2-17(9-18)23-16)3-4-22-20(27)25-21-10-13-5-14(11-21)7-15(6-13)12-21;/h13-18,23H,1-12H2,(H,24,26)(H2,22,25,27);1H. The monoisotopic (exact) mass is 410 g/mol. The van der Waals surface area contributed by atoms with Crippen molar-refractivity contribution in [3.8, 4) is 0 Å². The second-order valence-electron chi connectivity index (χ2n) is 10.2. The van der Waals surface area contributed by atoms with Crippen LogP contribution >= 0.6 is 12.4 Å². The maximum Gasteiger partial charge on any atom is 0.315 e. The molecule has 6 rings (SSSR count). The molecule has 2 atom stereocenters. The Morgan fingerprint density at radius 1 is 0.893 bits per heavy atom. The average molecular weight is 411 g/mol. The summed E-state index contributed by atoms with van der Waals surface area (Å²) in [6.07, 6.45) is 12.5. The molecule has 2 aliphatic heterocycles. The summed E-state index contributed by atoms with van der Waals surface area (Å²) in [6.45, 7) is 0.419. The maximum absolute atomic E-state index is 12.4. The molecule has 3 amide bonds. The lowest BCUT2D eigenvalue weighted by Gasteiger charge is -2.56. The van der Waals surface area contributed by atoms with Crippen molar-refractivity contribution in [1.29, 1.82) is 0 Å². The molecule has 6 bridgehead atoms. The topological polar surface area (TPSA) is 82.3 Å². The molecule has 6 nitrogen and oxygen atoms in total. The van der Waals surface area contributed by atoms with E-state index in [9.17, 15) is 9.59 Å². The molecular weight excluding hydrogens is 376 g/mol. The summed E-state index contributed by atoms with van der Waals surface area (Å²) < 4.78 is 0. The maximum atomic E-state index is 12.4. The fourth-order valence-electron chi connectivity index (χ4n) is 7.31. The molecular formula is C21H35ClN4O2. The van der Waals surface area contributed by atoms with Gasteiger partial charge in [0, 0.05) is 36.6 Å². The van der Waals surface area contributed by atoms with E-state index in [0.717, 1.165) is 49.9 Å². The van der Waals surface area contributed by atoms with Crippen LogP contribution < -0.4 is 21.3 Å². The van der Waals surface area contributed by atoms with E-state index in [-0.39, 0.29) is 29.9 Å². The molecule has 2 unspecified atom stereocenters. The molecule has 4 N–H and O–H groups in total. The number of carbonyl (C=O) groups is 2. The van der Waals surface area contributed by atoms with Crippen molar-refractivity contribution in [2.45, 2.75) is 94.3 Å². The van der Waals surface area contributed by atoms with E-state index < -0.39 is 0 Å². The molecule has 0 spiro atoms. The van der Waals surface area contributed by atoms with E-state index in [1.807, 2.05) is 0 Å². The highest BCUT2D eigenvalue weighted by atomic mass is 35.5. The van der Waals surface area contributed by atoms with Gasteiger partial charge in [0.25, 0.3) is 0 Å². The zero-order chi connectivity index (χ0) is 18.4. The van der Waals surface area contributed by atoms with Crippen molar-refractivity contribution in [1.82, 2.24) is 21.3 Å². The minimum Gasteiger partial charge on any atom is -0.353 e. The van der Waals surface area contributed by atoms with Gasteiger partial charge in [-0.25, -0.2) is 4.79 Å². The normalized spacial score (nSPS) is 42.6. The van der Waals surface area contributed by atoms with E-state index in [1.54, 1.807) is 0 Å². The van der Waals surface area contributed by atoms with Crippen molar-refractivity contribution in [3.63, 3.8) is 0 Å². The number of halogens is 1. The largest absolute Gasteiger partial charge is 0.353 e. The first-order chi connectivity index (χ1) is 13.1. The highest BCUT2D eigenvalue weighted by Crippen LogP contribution is 2.55. The van der Waals surface area contributed by atoms with Crippen molar-refractivity contribution < 1.29 is 9.59 Å². The second-order valence-corrected chi connectivity index (χ2v) is 10.2. The molecule has 0 radical (unpaired) electrons. The lowest BCUT2D eigenvalue weighted by atomic mass is 9.53. The van der Waals surface area contributed by atoms with Crippen LogP contribution in [0.25, 0.3) is 0 Å². The fraction of sp³-hybridized carbons (Fsp3) is 0.905. The third kappa shape index (κ3) is 4.28. The Kier molecular flexibility index (Phi) is 5.81. The predicted molar refractivity (Wildman–Crippen MR) is 110 cm³/mol. The third-order valence-electron chi connectivity index (χ3n) is 7.89. The number of fused-ring (bicyclic) bond motifs is 2. The Morgan fingerprint density at radius 2 is 1.46 bits per heavy atom. The van der Waals surface area contributed by atoms with Crippen LogP contribution in [-0.2, 0) is 4.79 Å². The van der Waals surface area contributed by atoms with Crippen molar-refractivity contribution in [2.24, 2.45) is 17.8 Å². The highest BCUT2D eigenvalue weighted by Gasteiger charge is 2.51. The summed E-state index contributed by atoms with van der Waals surface area (Å²) in [7, 11) is 0. The zero-order valence-corrected chi connectivity index (χ0v) is 17.5. The van der Waals surface area contributed by atoms with E-state index in [4.69, 9.17) is 0 Å². The van der Waals surface area contributed by atoms with Gasteiger partial charge in [0.1, 0.15) is 0 Å². The quantitative estimate of drug-likeness (QED) is 0.562. The molecule has 7 heteroatoms. The van der Waals surface area contributed by atoms with Gasteiger partial charge < -0.3 is 21.3 Å². The molecule has 158 valence electrons. The number of urea groups is 1. The Balaban J connectivity index is 0.00000192. The molecule has 6 aliphatic rings. The van der Waals surface area contributed by atoms with Gasteiger partial charge in [-0.1, -0.05) is 0 Å². The summed E-state index contributed by atoms with van der Waals surface area (Å²) in [5, 5.41) is 13.0. The minimum absolute atomic E-state index is 0. The Morgan fingerprint density at radius 3 is 2.04 bits per heavy atom. The number of hydrogen-bond acceptors (Lipinski definition) is 3. The second kappa shape index (κ2) is 8.02. The van der Waals surface area contributed by atoms with E-state index >= 15 is 0 Å². The zero-order valence-electron chi connectivity index (χ0n) is 16.7. The molecule has 2 heterocycles. The van der Waals surface area contributed by atoms with E-state index in [2.05, 4.69) is 21.3 Å². The molecule has 0 aromatic rings. The van der Waals surface area contributed by atoms with Gasteiger partial charge in [-0.3, -0.25) is 4.79 Å². The lowest BCUT2D eigenvalue weighted by molar-refractivity contribution is -0.121. The highest BCUT2D eigenvalue weighted by molar-refractivity contribution is 5.85. The molecule has 0 aromatic carbocycles. The van der Waals surface area contributed by atoms with Gasteiger partial charge in [0.15, 0.2) is 0 Å². The van der Waals surface area contributed by atoms with Crippen LogP contribution in [-0.4, -0.2) is 42.1 Å². The number of nitrogens with one attached hydrogen (secondary N) is 4. The van der Waals surface area contributed by atoms with Crippen LogP contribution in [0.3, 0.4) is 0 Å². The summed E-state index contributed by atoms with van der Waals surface area (Å²) in [5.74, 6) is 2.53. The van der Waals surface area contributed by atoms with Crippen LogP contribution in [0.4, 0.5) is 4.79 Å². The minimum atomic E-state index is -0.0790. The molecule has 2 saturated heterocycles. The lowest BCUT2D eigenvalue weighted by Crippen LogP contribution is -2.61. The number of hydrogen-bond donors (Lipinski definition) is 4. The Labute approximate surface area is 174 Å². The summed E-state index contributed by atoms with van der Waals surface area (Å²) in [4.78, 5) is 24.7. The SMILES string of the molecule is Cl.O=C(CCNC(=O)NC12CC3CC(CC(C3)C1)C2)NC1CC2CCC(C1)N2. The van der Waals surface area contributed by atoms with Crippen molar-refractivity contribution in [2.75, 3.05) is 6.54 Å². The summed E-state index contributed by atoms with van der Waals surface area (Å²) in [6, 6.07) is 1.39. The number of rotatable bonds is 5. The number of amides is 3. The van der Waals surface area contributed by atoms with Gasteiger partial charge >= 0.3 is 6.03 Å². The fourth-order valence-corrected chi connectivity index (χ4v) is 7.31. The molecule has 6 fully saturated rings. The first kappa shape index (κ1) is 20.3. The van der Waals surface area contributed by atoms with Gasteiger partial charge in [-0.15, -0.1) is 12.4 Å². The van der Waals surface area contributed by atoms with Crippen molar-refractivity contribution in [3.05, 3.63) is 0 Å². The van der Waals surface area contributed by atoms with Crippen LogP contribution in [0.2, 0.25) is 0 Å². The first-order valence-corrected chi connectivity index (χ1v) is 11.2. The van der Waals surface area contributed by atoms with Crippen LogP contribution in [0, 0.1) is 17.8 Å². The predicted octanol–water partition coefficient (Wildman–Crippen LogP) is 2.47. The Bertz CT molecular complexity index is 566. The number of carbonyl (C=O) groups excluding carboxylic acids is 2. The molecule has 4 aliphatic carbocycles. The third-order valence-corrected chi connectivity index (χ3v) is 7.89. The number of piperidine rings is 1. The molecule has 4 saturated carbocycles. The van der Waals surface area contributed by atoms with Crippen molar-refractivity contribution >= 4 is 24.3 Å². The first-order valence-electron chi connectivity index (χ1n) is 11.2. The molecule has 28 heavy (non-hydrogen) atoms. The van der Waals surface area contributed by atoms with Crippen LogP contribution in [0.15, 0.2) is 0 Å². The van der Waals surface area contributed by atoms with Gasteiger partial charge in [-0.05, 0) is 82.0 Å². The Hall–Kier alpha value is -1.01. The average Bonchev–Trinajstić information content (AvgIpc) is 2.91. The molecule has 0 aromatic heterocycles.